The first kappa shape index (κ1) is 30.3. The van der Waals surface area contributed by atoms with Crippen LogP contribution in [0.15, 0.2) is 24.8 Å². The van der Waals surface area contributed by atoms with E-state index in [1.165, 1.54) is 13.2 Å². The number of esters is 1. The molecule has 0 N–H and O–H groups in total. The predicted octanol–water partition coefficient (Wildman–Crippen LogP) is 6.87. The largest absolute Gasteiger partial charge is 0.466 e. The maximum Gasteiger partial charge on any atom is 0.330 e. The summed E-state index contributed by atoms with van der Waals surface area (Å²) < 4.78 is 25.3. The summed E-state index contributed by atoms with van der Waals surface area (Å²) in [5, 5.41) is 0.186. The fraction of sp³-hybridized carbons (Fsp3) is 0.808. The normalized spacial score (nSPS) is 26.3. The van der Waals surface area contributed by atoms with Gasteiger partial charge in [-0.15, -0.1) is 6.58 Å². The first-order chi connectivity index (χ1) is 14.9. The lowest BCUT2D eigenvalue weighted by Crippen LogP contribution is -2.58. The van der Waals surface area contributed by atoms with E-state index in [4.69, 9.17) is 18.3 Å². The Morgan fingerprint density at radius 1 is 1.03 bits per heavy atom. The number of hydrogen-bond donors (Lipinski definition) is 0. The van der Waals surface area contributed by atoms with E-state index in [0.717, 1.165) is 6.42 Å². The Bertz CT molecular complexity index is 688. The second-order valence-electron chi connectivity index (χ2n) is 12.5. The van der Waals surface area contributed by atoms with Gasteiger partial charge in [-0.05, 0) is 42.7 Å². The molecule has 0 aromatic heterocycles. The molecule has 5 nitrogen and oxygen atoms in total. The molecule has 33 heavy (non-hydrogen) atoms. The van der Waals surface area contributed by atoms with E-state index in [0.29, 0.717) is 6.42 Å². The van der Waals surface area contributed by atoms with Crippen LogP contribution in [-0.2, 0) is 23.1 Å². The lowest BCUT2D eigenvalue weighted by atomic mass is 9.90. The Balaban J connectivity index is 3.31. The van der Waals surface area contributed by atoms with Gasteiger partial charge in [0.25, 0.3) is 0 Å². The Morgan fingerprint density at radius 3 is 1.94 bits per heavy atom. The molecule has 0 bridgehead atoms. The average Bonchev–Trinajstić information content (AvgIpc) is 2.66. The number of ether oxygens (including phenoxy) is 2. The zero-order chi connectivity index (χ0) is 25.8. The lowest BCUT2D eigenvalue weighted by Gasteiger charge is -2.50. The highest BCUT2D eigenvalue weighted by Crippen LogP contribution is 2.43. The molecular formula is C26H50O5Si2. The number of carbonyl (C=O) groups excluding carboxylic acids is 1. The van der Waals surface area contributed by atoms with Crippen molar-refractivity contribution < 1.29 is 23.1 Å². The summed E-state index contributed by atoms with van der Waals surface area (Å²) in [6.07, 6.45) is 6.19. The van der Waals surface area contributed by atoms with Gasteiger partial charge in [0.2, 0.25) is 0 Å². The Morgan fingerprint density at radius 2 is 1.52 bits per heavy atom. The monoisotopic (exact) mass is 498 g/mol. The van der Waals surface area contributed by atoms with E-state index in [-0.39, 0.29) is 46.4 Å². The Labute approximate surface area is 205 Å². The van der Waals surface area contributed by atoms with Crippen LogP contribution in [0.1, 0.15) is 61.3 Å². The minimum Gasteiger partial charge on any atom is -0.466 e. The molecule has 0 aromatic rings. The number of rotatable bonds is 9. The van der Waals surface area contributed by atoms with Gasteiger partial charge in [0, 0.05) is 18.4 Å². The smallest absolute Gasteiger partial charge is 0.330 e. The Hall–Kier alpha value is -0.736. The van der Waals surface area contributed by atoms with Gasteiger partial charge in [0.1, 0.15) is 0 Å². The first-order valence-corrected chi connectivity index (χ1v) is 18.1. The molecule has 1 heterocycles. The summed E-state index contributed by atoms with van der Waals surface area (Å²) in [7, 11) is -2.68. The minimum atomic E-state index is -2.04. The SMILES string of the molecule is C=C[C@H](C)[C@@H]1O[C@H](C/C=C\C(=O)OC)[C@H](O[Si](C)(C)C(C)(C)C)C[C@@H]1O[Si](C)(C)C(C)(C)C. The van der Waals surface area contributed by atoms with Crippen LogP contribution >= 0.6 is 0 Å². The topological polar surface area (TPSA) is 54.0 Å². The molecule has 5 atom stereocenters. The second-order valence-corrected chi connectivity index (χ2v) is 22.0. The summed E-state index contributed by atoms with van der Waals surface area (Å²) in [5.74, 6) is -0.219. The van der Waals surface area contributed by atoms with E-state index < -0.39 is 16.6 Å². The van der Waals surface area contributed by atoms with Crippen molar-refractivity contribution in [2.24, 2.45) is 5.92 Å². The van der Waals surface area contributed by atoms with Crippen LogP contribution in [0.4, 0.5) is 0 Å². The van der Waals surface area contributed by atoms with Crippen LogP contribution in [0.25, 0.3) is 0 Å². The van der Waals surface area contributed by atoms with Crippen molar-refractivity contribution in [2.75, 3.05) is 7.11 Å². The number of methoxy groups -OCH3 is 1. The highest BCUT2D eigenvalue weighted by molar-refractivity contribution is 6.74. The maximum atomic E-state index is 11.6. The standard InChI is InChI=1S/C26H50O5Si2/c1-14-19(2)24-22(31-33(12,13)26(6,7)8)18-21(30-32(10,11)25(3,4)5)20(29-24)16-15-17-23(27)28-9/h14-15,17,19-22,24H,1,16,18H2,2-13H3/b17-15-/t19-,20+,21+,22-,24-/m0/s1. The molecule has 1 saturated heterocycles. The number of carbonyl (C=O) groups is 1. The van der Waals surface area contributed by atoms with Crippen molar-refractivity contribution in [2.45, 2.75) is 122 Å². The number of hydrogen-bond acceptors (Lipinski definition) is 5. The third-order valence-corrected chi connectivity index (χ3v) is 16.8. The summed E-state index contributed by atoms with van der Waals surface area (Å²) in [4.78, 5) is 11.6. The molecule has 1 aliphatic heterocycles. The highest BCUT2D eigenvalue weighted by atomic mass is 28.4. The highest BCUT2D eigenvalue weighted by Gasteiger charge is 2.48. The van der Waals surface area contributed by atoms with Gasteiger partial charge < -0.3 is 18.3 Å². The van der Waals surface area contributed by atoms with Crippen LogP contribution in [-0.4, -0.2) is 54.1 Å². The fourth-order valence-corrected chi connectivity index (χ4v) is 6.11. The molecule has 192 valence electrons. The quantitative estimate of drug-likeness (QED) is 0.150. The third-order valence-electron chi connectivity index (χ3n) is 7.80. The van der Waals surface area contributed by atoms with Crippen molar-refractivity contribution in [3.05, 3.63) is 24.8 Å². The van der Waals surface area contributed by atoms with E-state index in [1.54, 1.807) is 0 Å². The van der Waals surface area contributed by atoms with Crippen molar-refractivity contribution in [1.29, 1.82) is 0 Å². The Kier molecular flexibility index (Phi) is 10.4. The van der Waals surface area contributed by atoms with E-state index in [1.807, 2.05) is 12.2 Å². The second kappa shape index (κ2) is 11.3. The van der Waals surface area contributed by atoms with Crippen LogP contribution in [0.5, 0.6) is 0 Å². The van der Waals surface area contributed by atoms with Crippen molar-refractivity contribution in [1.82, 2.24) is 0 Å². The van der Waals surface area contributed by atoms with Gasteiger partial charge in [-0.2, -0.15) is 0 Å². The lowest BCUT2D eigenvalue weighted by molar-refractivity contribution is -0.169. The molecule has 0 aromatic carbocycles. The van der Waals surface area contributed by atoms with Gasteiger partial charge in [0.05, 0.1) is 31.5 Å². The van der Waals surface area contributed by atoms with Crippen molar-refractivity contribution in [3.8, 4) is 0 Å². The molecule has 0 amide bonds. The van der Waals surface area contributed by atoms with E-state index in [2.05, 4.69) is 81.2 Å². The van der Waals surface area contributed by atoms with Crippen LogP contribution in [0.2, 0.25) is 36.3 Å². The third kappa shape index (κ3) is 8.16. The summed E-state index contributed by atoms with van der Waals surface area (Å²) in [6.45, 7) is 28.8. The molecule has 1 aliphatic rings. The summed E-state index contributed by atoms with van der Waals surface area (Å²) >= 11 is 0. The molecule has 7 heteroatoms. The molecule has 1 fully saturated rings. The van der Waals surface area contributed by atoms with Crippen LogP contribution in [0.3, 0.4) is 0 Å². The van der Waals surface area contributed by atoms with Crippen molar-refractivity contribution in [3.63, 3.8) is 0 Å². The van der Waals surface area contributed by atoms with Gasteiger partial charge in [-0.25, -0.2) is 4.79 Å². The minimum absolute atomic E-state index is 0.0607. The maximum absolute atomic E-state index is 11.6. The fourth-order valence-electron chi connectivity index (χ4n) is 3.41. The van der Waals surface area contributed by atoms with E-state index >= 15 is 0 Å². The van der Waals surface area contributed by atoms with Crippen LogP contribution < -0.4 is 0 Å². The zero-order valence-corrected chi connectivity index (χ0v) is 25.3. The summed E-state index contributed by atoms with van der Waals surface area (Å²) in [5.41, 5.74) is 0. The van der Waals surface area contributed by atoms with Gasteiger partial charge >= 0.3 is 5.97 Å². The summed E-state index contributed by atoms with van der Waals surface area (Å²) in [6, 6.07) is 0. The zero-order valence-electron chi connectivity index (χ0n) is 23.3. The van der Waals surface area contributed by atoms with Gasteiger partial charge in [0.15, 0.2) is 16.6 Å². The van der Waals surface area contributed by atoms with Crippen molar-refractivity contribution >= 4 is 22.6 Å². The molecule has 0 saturated carbocycles. The van der Waals surface area contributed by atoms with Gasteiger partial charge in [-0.1, -0.05) is 60.6 Å². The molecular weight excluding hydrogens is 448 g/mol. The molecule has 0 radical (unpaired) electrons. The van der Waals surface area contributed by atoms with Crippen LogP contribution in [0, 0.1) is 5.92 Å². The average molecular weight is 499 g/mol. The van der Waals surface area contributed by atoms with Gasteiger partial charge in [-0.3, -0.25) is 0 Å². The molecule has 0 unspecified atom stereocenters. The molecule has 1 rings (SSSR count). The van der Waals surface area contributed by atoms with E-state index in [9.17, 15) is 4.79 Å². The molecule has 0 spiro atoms. The predicted molar refractivity (Wildman–Crippen MR) is 143 cm³/mol. The molecule has 0 aliphatic carbocycles. The first-order valence-electron chi connectivity index (χ1n) is 12.2.